The first-order chi connectivity index (χ1) is 9.28. The lowest BCUT2D eigenvalue weighted by molar-refractivity contribution is 0.0818. The number of hydrogen-bond donors (Lipinski definition) is 1. The van der Waals surface area contributed by atoms with Gasteiger partial charge in [0.25, 0.3) is 0 Å². The van der Waals surface area contributed by atoms with Crippen molar-refractivity contribution in [2.45, 2.75) is 18.9 Å². The SMILES string of the molecule is COC1CCN(c2nc3ccccc3nc2N)CC1. The largest absolute Gasteiger partial charge is 0.381 e. The van der Waals surface area contributed by atoms with Crippen molar-refractivity contribution in [2.75, 3.05) is 30.8 Å². The Hall–Kier alpha value is -1.88. The van der Waals surface area contributed by atoms with E-state index in [1.807, 2.05) is 24.3 Å². The Morgan fingerprint density at radius 1 is 1.16 bits per heavy atom. The molecule has 1 fully saturated rings. The van der Waals surface area contributed by atoms with Gasteiger partial charge in [0.05, 0.1) is 17.1 Å². The van der Waals surface area contributed by atoms with Crippen molar-refractivity contribution in [3.63, 3.8) is 0 Å². The predicted molar refractivity (Wildman–Crippen MR) is 76.2 cm³/mol. The minimum absolute atomic E-state index is 0.353. The highest BCUT2D eigenvalue weighted by Crippen LogP contribution is 2.25. The molecule has 3 rings (SSSR count). The van der Waals surface area contributed by atoms with Crippen LogP contribution in [0.1, 0.15) is 12.8 Å². The van der Waals surface area contributed by atoms with Crippen molar-refractivity contribution < 1.29 is 4.74 Å². The molecule has 2 N–H and O–H groups in total. The van der Waals surface area contributed by atoms with Crippen molar-refractivity contribution in [3.05, 3.63) is 24.3 Å². The maximum absolute atomic E-state index is 6.04. The number of nitrogens with zero attached hydrogens (tertiary/aromatic N) is 3. The predicted octanol–water partition coefficient (Wildman–Crippen LogP) is 1.83. The summed E-state index contributed by atoms with van der Waals surface area (Å²) in [6.45, 7) is 1.82. The topological polar surface area (TPSA) is 64.3 Å². The fourth-order valence-corrected chi connectivity index (χ4v) is 2.54. The van der Waals surface area contributed by atoms with E-state index in [2.05, 4.69) is 14.9 Å². The van der Waals surface area contributed by atoms with E-state index >= 15 is 0 Å². The molecule has 1 saturated heterocycles. The van der Waals surface area contributed by atoms with Gasteiger partial charge in [-0.05, 0) is 25.0 Å². The van der Waals surface area contributed by atoms with E-state index in [0.29, 0.717) is 11.9 Å². The second-order valence-corrected chi connectivity index (χ2v) is 4.84. The minimum Gasteiger partial charge on any atom is -0.381 e. The summed E-state index contributed by atoms with van der Waals surface area (Å²) in [6, 6.07) is 7.81. The number of aromatic nitrogens is 2. The van der Waals surface area contributed by atoms with Crippen LogP contribution in [0.25, 0.3) is 11.0 Å². The molecule has 1 aliphatic heterocycles. The first-order valence-electron chi connectivity index (χ1n) is 6.58. The Balaban J connectivity index is 1.90. The van der Waals surface area contributed by atoms with Gasteiger partial charge in [-0.2, -0.15) is 0 Å². The van der Waals surface area contributed by atoms with Crippen molar-refractivity contribution in [3.8, 4) is 0 Å². The average molecular weight is 258 g/mol. The zero-order valence-electron chi connectivity index (χ0n) is 11.0. The maximum atomic E-state index is 6.04. The Morgan fingerprint density at radius 3 is 2.42 bits per heavy atom. The highest BCUT2D eigenvalue weighted by atomic mass is 16.5. The van der Waals surface area contributed by atoms with Gasteiger partial charge in [0, 0.05) is 20.2 Å². The van der Waals surface area contributed by atoms with Crippen LogP contribution in [0.2, 0.25) is 0 Å². The van der Waals surface area contributed by atoms with Gasteiger partial charge < -0.3 is 15.4 Å². The molecule has 2 aromatic rings. The lowest BCUT2D eigenvalue weighted by Gasteiger charge is -2.32. The second-order valence-electron chi connectivity index (χ2n) is 4.84. The van der Waals surface area contributed by atoms with E-state index in [4.69, 9.17) is 10.5 Å². The molecule has 1 aromatic carbocycles. The normalized spacial score (nSPS) is 17.0. The van der Waals surface area contributed by atoms with Gasteiger partial charge in [0.15, 0.2) is 11.6 Å². The molecule has 100 valence electrons. The van der Waals surface area contributed by atoms with Crippen LogP contribution in [0, 0.1) is 0 Å². The molecule has 1 aromatic heterocycles. The van der Waals surface area contributed by atoms with Crippen LogP contribution in [-0.4, -0.2) is 36.3 Å². The van der Waals surface area contributed by atoms with Gasteiger partial charge in [-0.3, -0.25) is 0 Å². The molecular formula is C14H18N4O. The van der Waals surface area contributed by atoms with E-state index in [1.54, 1.807) is 7.11 Å². The number of rotatable bonds is 2. The number of nitrogens with two attached hydrogens (primary N) is 1. The van der Waals surface area contributed by atoms with E-state index in [-0.39, 0.29) is 0 Å². The molecule has 5 heteroatoms. The van der Waals surface area contributed by atoms with Gasteiger partial charge in [-0.15, -0.1) is 0 Å². The summed E-state index contributed by atoms with van der Waals surface area (Å²) in [4.78, 5) is 11.3. The standard InChI is InChI=1S/C14H18N4O/c1-19-10-6-8-18(9-7-10)14-13(15)16-11-4-2-3-5-12(11)17-14/h2-5,10H,6-9H2,1H3,(H2,15,16). The van der Waals surface area contributed by atoms with Crippen LogP contribution in [0.3, 0.4) is 0 Å². The lowest BCUT2D eigenvalue weighted by Crippen LogP contribution is -2.37. The van der Waals surface area contributed by atoms with E-state index in [9.17, 15) is 0 Å². The molecule has 5 nitrogen and oxygen atoms in total. The van der Waals surface area contributed by atoms with Crippen LogP contribution in [0.15, 0.2) is 24.3 Å². The molecule has 2 heterocycles. The molecule has 0 radical (unpaired) electrons. The van der Waals surface area contributed by atoms with Crippen LogP contribution in [-0.2, 0) is 4.74 Å². The third-order valence-electron chi connectivity index (χ3n) is 3.65. The Labute approximate surface area is 112 Å². The molecule has 19 heavy (non-hydrogen) atoms. The summed E-state index contributed by atoms with van der Waals surface area (Å²) >= 11 is 0. The van der Waals surface area contributed by atoms with Crippen molar-refractivity contribution in [1.29, 1.82) is 0 Å². The summed E-state index contributed by atoms with van der Waals surface area (Å²) in [6.07, 6.45) is 2.36. The molecule has 0 unspecified atom stereocenters. The second kappa shape index (κ2) is 5.01. The molecule has 0 spiro atoms. The maximum Gasteiger partial charge on any atom is 0.172 e. The molecular weight excluding hydrogens is 240 g/mol. The fraction of sp³-hybridized carbons (Fsp3) is 0.429. The molecule has 0 atom stereocenters. The Kier molecular flexibility index (Phi) is 3.21. The lowest BCUT2D eigenvalue weighted by atomic mass is 10.1. The zero-order valence-corrected chi connectivity index (χ0v) is 11.0. The van der Waals surface area contributed by atoms with Crippen molar-refractivity contribution in [1.82, 2.24) is 9.97 Å². The van der Waals surface area contributed by atoms with Gasteiger partial charge in [0.1, 0.15) is 0 Å². The Bertz CT molecular complexity index is 579. The number of methoxy groups -OCH3 is 1. The number of piperidine rings is 1. The van der Waals surface area contributed by atoms with Gasteiger partial charge in [0.2, 0.25) is 0 Å². The van der Waals surface area contributed by atoms with E-state index < -0.39 is 0 Å². The fourth-order valence-electron chi connectivity index (χ4n) is 2.54. The van der Waals surface area contributed by atoms with Crippen molar-refractivity contribution >= 4 is 22.7 Å². The molecule has 1 aliphatic rings. The molecule has 0 amide bonds. The highest BCUT2D eigenvalue weighted by Gasteiger charge is 2.22. The van der Waals surface area contributed by atoms with Gasteiger partial charge in [-0.1, -0.05) is 12.1 Å². The number of para-hydroxylation sites is 2. The monoisotopic (exact) mass is 258 g/mol. The van der Waals surface area contributed by atoms with E-state index in [1.165, 1.54) is 0 Å². The third kappa shape index (κ3) is 2.33. The third-order valence-corrected chi connectivity index (χ3v) is 3.65. The smallest absolute Gasteiger partial charge is 0.172 e. The molecule has 0 bridgehead atoms. The number of benzene rings is 1. The molecule has 0 aliphatic carbocycles. The summed E-state index contributed by atoms with van der Waals surface area (Å²) < 4.78 is 5.38. The number of ether oxygens (including phenoxy) is 1. The Morgan fingerprint density at radius 2 is 1.79 bits per heavy atom. The summed E-state index contributed by atoms with van der Waals surface area (Å²) in [5.74, 6) is 1.31. The van der Waals surface area contributed by atoms with E-state index in [0.717, 1.165) is 42.8 Å². The summed E-state index contributed by atoms with van der Waals surface area (Å²) in [5.41, 5.74) is 7.77. The van der Waals surface area contributed by atoms with Crippen LogP contribution < -0.4 is 10.6 Å². The van der Waals surface area contributed by atoms with Crippen molar-refractivity contribution in [2.24, 2.45) is 0 Å². The zero-order chi connectivity index (χ0) is 13.2. The first-order valence-corrected chi connectivity index (χ1v) is 6.58. The number of fused-ring (bicyclic) bond motifs is 1. The highest BCUT2D eigenvalue weighted by molar-refractivity contribution is 5.79. The first kappa shape index (κ1) is 12.2. The average Bonchev–Trinajstić information content (AvgIpc) is 2.47. The van der Waals surface area contributed by atoms with Crippen LogP contribution in [0.4, 0.5) is 11.6 Å². The number of anilines is 2. The number of nitrogen functional groups attached to an aromatic ring is 1. The molecule has 0 saturated carbocycles. The van der Waals surface area contributed by atoms with Gasteiger partial charge in [-0.25, -0.2) is 9.97 Å². The van der Waals surface area contributed by atoms with Crippen LogP contribution >= 0.6 is 0 Å². The summed E-state index contributed by atoms with van der Waals surface area (Å²) in [5, 5.41) is 0. The number of hydrogen-bond acceptors (Lipinski definition) is 5. The summed E-state index contributed by atoms with van der Waals surface area (Å²) in [7, 11) is 1.77. The van der Waals surface area contributed by atoms with Crippen LogP contribution in [0.5, 0.6) is 0 Å². The minimum atomic E-state index is 0.353. The quantitative estimate of drug-likeness (QED) is 0.890. The van der Waals surface area contributed by atoms with Gasteiger partial charge >= 0.3 is 0 Å².